The van der Waals surface area contributed by atoms with E-state index in [0.717, 1.165) is 49.0 Å². The van der Waals surface area contributed by atoms with Crippen LogP contribution < -0.4 is 14.8 Å². The highest BCUT2D eigenvalue weighted by Crippen LogP contribution is 2.32. The molecule has 1 saturated heterocycles. The molecule has 0 unspecified atom stereocenters. The smallest absolute Gasteiger partial charge is 0.227 e. The Morgan fingerprint density at radius 1 is 1.35 bits per heavy atom. The third-order valence-corrected chi connectivity index (χ3v) is 5.18. The second-order valence-electron chi connectivity index (χ2n) is 6.91. The molecule has 1 aliphatic carbocycles. The number of ether oxygens (including phenoxy) is 2. The van der Waals surface area contributed by atoms with Crippen LogP contribution in [0.25, 0.3) is 0 Å². The average molecular weight is 316 g/mol. The molecule has 3 aliphatic rings. The van der Waals surface area contributed by atoms with E-state index < -0.39 is 0 Å². The van der Waals surface area contributed by atoms with Gasteiger partial charge < -0.3 is 14.8 Å². The fourth-order valence-corrected chi connectivity index (χ4v) is 3.64. The van der Waals surface area contributed by atoms with Crippen molar-refractivity contribution in [3.8, 4) is 11.5 Å². The van der Waals surface area contributed by atoms with Gasteiger partial charge in [-0.25, -0.2) is 0 Å². The third kappa shape index (κ3) is 3.15. The van der Waals surface area contributed by atoms with Crippen molar-refractivity contribution < 1.29 is 14.3 Å². The van der Waals surface area contributed by atoms with Crippen LogP contribution in [0.4, 0.5) is 0 Å². The molecule has 1 aromatic rings. The number of hydrogen-bond donors (Lipinski definition) is 1. The lowest BCUT2D eigenvalue weighted by Gasteiger charge is -2.26. The number of likely N-dealkylation sites (tertiary alicyclic amines) is 1. The summed E-state index contributed by atoms with van der Waals surface area (Å²) in [6, 6.07) is 6.91. The number of amides is 1. The quantitative estimate of drug-likeness (QED) is 0.917. The number of benzene rings is 1. The molecule has 124 valence electrons. The SMILES string of the molecule is COc1ccc2c(c1)OC[C@@H](C(=O)N[C@H]1CCN(C3CC3)C1)C2. The highest BCUT2D eigenvalue weighted by atomic mass is 16.5. The second-order valence-corrected chi connectivity index (χ2v) is 6.91. The molecular formula is C18H24N2O3. The van der Waals surface area contributed by atoms with Crippen LogP contribution in [0.5, 0.6) is 11.5 Å². The molecule has 2 heterocycles. The Labute approximate surface area is 136 Å². The van der Waals surface area contributed by atoms with Crippen LogP contribution in [0, 0.1) is 5.92 Å². The summed E-state index contributed by atoms with van der Waals surface area (Å²) in [5.74, 6) is 1.67. The van der Waals surface area contributed by atoms with Gasteiger partial charge in [0.2, 0.25) is 5.91 Å². The third-order valence-electron chi connectivity index (χ3n) is 5.18. The fourth-order valence-electron chi connectivity index (χ4n) is 3.64. The van der Waals surface area contributed by atoms with Gasteiger partial charge in [0, 0.05) is 31.2 Å². The van der Waals surface area contributed by atoms with Gasteiger partial charge in [-0.1, -0.05) is 6.07 Å². The molecule has 5 nitrogen and oxygen atoms in total. The van der Waals surface area contributed by atoms with Gasteiger partial charge in [0.25, 0.3) is 0 Å². The van der Waals surface area contributed by atoms with Crippen LogP contribution in [-0.4, -0.2) is 49.7 Å². The van der Waals surface area contributed by atoms with Gasteiger partial charge in [-0.2, -0.15) is 0 Å². The fraction of sp³-hybridized carbons (Fsp3) is 0.611. The normalized spacial score (nSPS) is 27.2. The first-order chi connectivity index (χ1) is 11.2. The first-order valence-electron chi connectivity index (χ1n) is 8.57. The Morgan fingerprint density at radius 3 is 3.00 bits per heavy atom. The van der Waals surface area contributed by atoms with E-state index in [9.17, 15) is 4.79 Å². The second kappa shape index (κ2) is 6.04. The molecule has 0 radical (unpaired) electrons. The van der Waals surface area contributed by atoms with E-state index in [2.05, 4.69) is 10.2 Å². The molecule has 0 aromatic heterocycles. The van der Waals surface area contributed by atoms with Crippen molar-refractivity contribution in [2.24, 2.45) is 5.92 Å². The van der Waals surface area contributed by atoms with Crippen LogP contribution in [-0.2, 0) is 11.2 Å². The Balaban J connectivity index is 1.34. The van der Waals surface area contributed by atoms with Crippen LogP contribution in [0.1, 0.15) is 24.8 Å². The lowest BCUT2D eigenvalue weighted by atomic mass is 9.95. The minimum Gasteiger partial charge on any atom is -0.497 e. The first-order valence-corrected chi connectivity index (χ1v) is 8.57. The molecule has 23 heavy (non-hydrogen) atoms. The van der Waals surface area contributed by atoms with Crippen LogP contribution in [0.3, 0.4) is 0 Å². The van der Waals surface area contributed by atoms with E-state index in [1.165, 1.54) is 12.8 Å². The number of carbonyl (C=O) groups excluding carboxylic acids is 1. The zero-order chi connectivity index (χ0) is 15.8. The zero-order valence-corrected chi connectivity index (χ0v) is 13.6. The highest BCUT2D eigenvalue weighted by molar-refractivity contribution is 5.80. The van der Waals surface area contributed by atoms with E-state index in [1.54, 1.807) is 7.11 Å². The molecular weight excluding hydrogens is 292 g/mol. The minimum absolute atomic E-state index is 0.0918. The standard InChI is InChI=1S/C18H24N2O3/c1-22-16-5-2-12-8-13(11-23-17(12)9-16)18(21)19-14-6-7-20(10-14)15-3-4-15/h2,5,9,13-15H,3-4,6-8,10-11H2,1H3,(H,19,21)/t13-,14-/m0/s1. The monoisotopic (exact) mass is 316 g/mol. The molecule has 2 atom stereocenters. The lowest BCUT2D eigenvalue weighted by Crippen LogP contribution is -2.43. The van der Waals surface area contributed by atoms with Crippen molar-refractivity contribution in [2.45, 2.75) is 37.8 Å². The van der Waals surface area contributed by atoms with E-state index in [0.29, 0.717) is 12.6 Å². The van der Waals surface area contributed by atoms with Gasteiger partial charge in [0.05, 0.1) is 13.0 Å². The maximum Gasteiger partial charge on any atom is 0.227 e. The van der Waals surface area contributed by atoms with E-state index in [1.807, 2.05) is 18.2 Å². The van der Waals surface area contributed by atoms with Gasteiger partial charge in [-0.05, 0) is 37.3 Å². The summed E-state index contributed by atoms with van der Waals surface area (Å²) < 4.78 is 11.0. The van der Waals surface area contributed by atoms with Crippen LogP contribution >= 0.6 is 0 Å². The van der Waals surface area contributed by atoms with Crippen molar-refractivity contribution in [3.05, 3.63) is 23.8 Å². The molecule has 4 rings (SSSR count). The summed E-state index contributed by atoms with van der Waals surface area (Å²) >= 11 is 0. The van der Waals surface area contributed by atoms with Gasteiger partial charge >= 0.3 is 0 Å². The Hall–Kier alpha value is -1.75. The van der Waals surface area contributed by atoms with Crippen molar-refractivity contribution in [1.82, 2.24) is 10.2 Å². The summed E-state index contributed by atoms with van der Waals surface area (Å²) in [6.07, 6.45) is 4.47. The molecule has 2 fully saturated rings. The predicted molar refractivity (Wildman–Crippen MR) is 86.8 cm³/mol. The van der Waals surface area contributed by atoms with E-state index in [-0.39, 0.29) is 11.8 Å². The van der Waals surface area contributed by atoms with Gasteiger partial charge in [0.1, 0.15) is 18.1 Å². The summed E-state index contributed by atoms with van der Waals surface area (Å²) in [4.78, 5) is 15.1. The number of fused-ring (bicyclic) bond motifs is 1. The van der Waals surface area contributed by atoms with E-state index >= 15 is 0 Å². The summed E-state index contributed by atoms with van der Waals surface area (Å²) in [5, 5.41) is 3.23. The maximum absolute atomic E-state index is 12.5. The average Bonchev–Trinajstić information content (AvgIpc) is 3.33. The van der Waals surface area contributed by atoms with Gasteiger partial charge in [-0.15, -0.1) is 0 Å². The van der Waals surface area contributed by atoms with Gasteiger partial charge in [0.15, 0.2) is 0 Å². The molecule has 0 bridgehead atoms. The summed E-state index contributed by atoms with van der Waals surface area (Å²) in [7, 11) is 1.65. The number of nitrogens with zero attached hydrogens (tertiary/aromatic N) is 1. The Morgan fingerprint density at radius 2 is 2.22 bits per heavy atom. The molecule has 1 aromatic carbocycles. The van der Waals surface area contributed by atoms with Crippen molar-refractivity contribution >= 4 is 5.91 Å². The van der Waals surface area contributed by atoms with Crippen molar-refractivity contribution in [2.75, 3.05) is 26.8 Å². The van der Waals surface area contributed by atoms with E-state index in [4.69, 9.17) is 9.47 Å². The number of hydrogen-bond acceptors (Lipinski definition) is 4. The molecule has 5 heteroatoms. The van der Waals surface area contributed by atoms with Crippen molar-refractivity contribution in [1.29, 1.82) is 0 Å². The predicted octanol–water partition coefficient (Wildman–Crippen LogP) is 1.60. The lowest BCUT2D eigenvalue weighted by molar-refractivity contribution is -0.126. The van der Waals surface area contributed by atoms with Gasteiger partial charge in [-0.3, -0.25) is 9.69 Å². The largest absolute Gasteiger partial charge is 0.497 e. The zero-order valence-electron chi connectivity index (χ0n) is 13.6. The first kappa shape index (κ1) is 14.8. The van der Waals surface area contributed by atoms with Crippen LogP contribution in [0.15, 0.2) is 18.2 Å². The highest BCUT2D eigenvalue weighted by Gasteiger charge is 2.36. The number of methoxy groups -OCH3 is 1. The maximum atomic E-state index is 12.5. The summed E-state index contributed by atoms with van der Waals surface area (Å²) in [6.45, 7) is 2.59. The molecule has 0 spiro atoms. The summed E-state index contributed by atoms with van der Waals surface area (Å²) in [5.41, 5.74) is 1.09. The Bertz CT molecular complexity index is 600. The number of rotatable bonds is 4. The molecule has 2 aliphatic heterocycles. The topological polar surface area (TPSA) is 50.8 Å². The molecule has 1 N–H and O–H groups in total. The molecule has 1 amide bonds. The number of carbonyl (C=O) groups is 1. The molecule has 1 saturated carbocycles. The van der Waals surface area contributed by atoms with Crippen LogP contribution in [0.2, 0.25) is 0 Å². The Kier molecular flexibility index (Phi) is 3.89. The van der Waals surface area contributed by atoms with Crippen molar-refractivity contribution in [3.63, 3.8) is 0 Å². The minimum atomic E-state index is -0.0918. The number of nitrogens with one attached hydrogen (secondary N) is 1.